The van der Waals surface area contributed by atoms with Crippen molar-refractivity contribution in [2.24, 2.45) is 5.92 Å². The van der Waals surface area contributed by atoms with Crippen LogP contribution in [0.3, 0.4) is 0 Å². The molecule has 3 N–H and O–H groups in total. The number of hydrogen-bond donors (Lipinski definition) is 3. The smallest absolute Gasteiger partial charge is 0.507 e. The van der Waals surface area contributed by atoms with Gasteiger partial charge in [0.2, 0.25) is 0 Å². The third-order valence-electron chi connectivity index (χ3n) is 24.6. The Hall–Kier alpha value is -13.6. The van der Waals surface area contributed by atoms with Crippen LogP contribution >= 0.6 is 0 Å². The Bertz CT molecular complexity index is 6770. The van der Waals surface area contributed by atoms with Crippen LogP contribution in [0, 0.1) is 169 Å². The van der Waals surface area contributed by atoms with Crippen molar-refractivity contribution >= 4 is 104 Å². The summed E-state index contributed by atoms with van der Waals surface area (Å²) in [6.07, 6.45) is 10.6. The zero-order chi connectivity index (χ0) is 103. The first-order valence-corrected chi connectivity index (χ1v) is 48.4. The number of hydrogen-bond acceptors (Lipinski definition) is 18. The molecule has 0 amide bonds. The Morgan fingerprint density at radius 3 is 0.815 bits per heavy atom. The molecule has 0 unspecified atom stereocenters. The number of carbonyl (C=O) groups excluding carboxylic acids is 3. The van der Waals surface area contributed by atoms with Crippen LogP contribution in [-0.2, 0) is 75.0 Å². The van der Waals surface area contributed by atoms with E-state index >= 15 is 0 Å². The monoisotopic (exact) mass is 2480 g/mol. The van der Waals surface area contributed by atoms with Gasteiger partial charge in [-0.2, -0.15) is 91.0 Å². The van der Waals surface area contributed by atoms with E-state index in [2.05, 4.69) is 123 Å². The molecule has 0 bridgehead atoms. The summed E-state index contributed by atoms with van der Waals surface area (Å²) in [6, 6.07) is 88.2. The van der Waals surface area contributed by atoms with Crippen LogP contribution < -0.4 is 29.4 Å². The number of rotatable bonds is 18. The van der Waals surface area contributed by atoms with Crippen LogP contribution in [0.2, 0.25) is 0 Å². The van der Waals surface area contributed by atoms with Gasteiger partial charge in [-0.3, -0.25) is 14.4 Å². The van der Waals surface area contributed by atoms with E-state index in [0.717, 1.165) is 209 Å². The second-order valence-corrected chi connectivity index (χ2v) is 39.0. The van der Waals surface area contributed by atoms with Crippen molar-refractivity contribution in [1.29, 1.82) is 0 Å². The predicted octanol–water partition coefficient (Wildman–Crippen LogP) is 30.6. The van der Waals surface area contributed by atoms with E-state index in [4.69, 9.17) is 29.9 Å². The van der Waals surface area contributed by atoms with E-state index in [1.54, 1.807) is 0 Å². The number of nitrogens with zero attached hydrogens (tertiary/aromatic N) is 12. The van der Waals surface area contributed by atoms with E-state index in [-0.39, 0.29) is 103 Å². The number of aryl methyl sites for hydroxylation is 18. The number of fused-ring (bicyclic) bond motifs is 3. The van der Waals surface area contributed by atoms with Gasteiger partial charge in [-0.1, -0.05) is 209 Å². The van der Waals surface area contributed by atoms with Crippen LogP contribution in [0.4, 0.5) is 69.0 Å². The molecule has 0 fully saturated rings. The summed E-state index contributed by atoms with van der Waals surface area (Å²) in [4.78, 5) is 79.1. The zero-order valence-electron chi connectivity index (χ0n) is 88.0. The summed E-state index contributed by atoms with van der Waals surface area (Å²) in [5.74, 6) is 5.53. The molecule has 12 aromatic carbocycles. The first-order valence-electron chi connectivity index (χ1n) is 48.4. The van der Waals surface area contributed by atoms with Crippen LogP contribution in [0.15, 0.2) is 273 Å². The largest absolute Gasteiger partial charge is 2.00 e. The normalized spacial score (nSPS) is 12.4. The average molecular weight is 2480 g/mol. The molecule has 0 saturated heterocycles. The predicted molar refractivity (Wildman–Crippen MR) is 587 cm³/mol. The van der Waals surface area contributed by atoms with Gasteiger partial charge in [0, 0.05) is 74.1 Å². The fourth-order valence-electron chi connectivity index (χ4n) is 18.7. The molecular formula is C125H130N12O6Pt3. The Balaban J connectivity index is 0.000000179. The minimum atomic E-state index is -0.156. The minimum absolute atomic E-state index is 0. The number of allylic oxidation sites excluding steroid dienone is 3. The molecule has 0 atom stereocenters. The average Bonchev–Trinajstić information content (AvgIpc) is 1.61. The Labute approximate surface area is 907 Å². The van der Waals surface area contributed by atoms with Gasteiger partial charge in [0.25, 0.3) is 0 Å². The molecule has 6 heterocycles. The Kier molecular flexibility index (Phi) is 39.9. The van der Waals surface area contributed by atoms with Crippen LogP contribution in [0.25, 0.3) is 17.3 Å². The van der Waals surface area contributed by atoms with Crippen molar-refractivity contribution in [3.05, 3.63) is 462 Å². The molecule has 756 valence electrons. The standard InChI is InChI=1S/2C21H20N4.3C21H24O2.C20H18N4.3Pt/c1-21(2,3)18-14-22-19-20(23-18)25(17-12-8-5-9-13-17)15-24(19)16-10-6-4-7-11-16;1-16(2)13-17-14-22-20-21(23-17)25(19-11-7-4-8-12-19)15-24(20)18-9-5-3-6-10-18;3*1-12-7-14(3)20(15(4)8-12)18(22)11-19(23)21-16(5)9-13(2)10-17(21)6;1-15(2)18-13-21-19-20(22-18)24(17-11-7-4-8-12-17)14-23(19)16-9-5-3-6-10-16;;;/h4-12,14-15H,1-3H3;3-11,14-16H,13H2,1-2H3;3*7-11,22H,1-6H3;3-11,13-15H,1-2H3;;;/q2*-2;;;;-2;3*+2. The van der Waals surface area contributed by atoms with Gasteiger partial charge < -0.3 is 44.7 Å². The second kappa shape index (κ2) is 50.9. The van der Waals surface area contributed by atoms with Crippen molar-refractivity contribution in [3.63, 3.8) is 0 Å². The number of aliphatic hydroxyl groups excluding tert-OH is 3. The van der Waals surface area contributed by atoms with Crippen molar-refractivity contribution in [2.75, 3.05) is 29.4 Å². The summed E-state index contributed by atoms with van der Waals surface area (Å²) in [7, 11) is 0. The quantitative estimate of drug-likeness (QED) is 0.0316. The van der Waals surface area contributed by atoms with E-state index in [9.17, 15) is 29.7 Å². The molecule has 3 aliphatic heterocycles. The fourth-order valence-corrected chi connectivity index (χ4v) is 18.7. The van der Waals surface area contributed by atoms with Gasteiger partial charge >= 0.3 is 63.2 Å². The minimum Gasteiger partial charge on any atom is -0.507 e. The molecular weight excluding hydrogens is 2350 g/mol. The van der Waals surface area contributed by atoms with Crippen LogP contribution in [-0.4, -0.2) is 62.6 Å². The summed E-state index contributed by atoms with van der Waals surface area (Å²) in [6.45, 7) is 56.6. The number of para-hydroxylation sites is 6. The molecule has 18 nitrogen and oxygen atoms in total. The first kappa shape index (κ1) is 114. The van der Waals surface area contributed by atoms with Gasteiger partial charge in [-0.25, -0.2) is 29.9 Å². The number of ketones is 3. The molecule has 0 spiro atoms. The van der Waals surface area contributed by atoms with Gasteiger partial charge in [0.15, 0.2) is 17.3 Å². The fraction of sp³-hybridized carbons (Fsp3) is 0.232. The zero-order valence-corrected chi connectivity index (χ0v) is 94.8. The van der Waals surface area contributed by atoms with E-state index < -0.39 is 0 Å². The molecule has 0 saturated carbocycles. The number of aromatic nitrogens is 6. The van der Waals surface area contributed by atoms with E-state index in [1.807, 2.05) is 373 Å². The van der Waals surface area contributed by atoms with Crippen LogP contribution in [0.1, 0.15) is 219 Å². The van der Waals surface area contributed by atoms with Crippen LogP contribution in [0.5, 0.6) is 0 Å². The number of carbonyl (C=O) groups is 3. The van der Waals surface area contributed by atoms with Gasteiger partial charge in [-0.15, -0.1) is 37.1 Å². The molecule has 3 aliphatic rings. The molecule has 146 heavy (non-hydrogen) atoms. The molecule has 15 aromatic rings. The summed E-state index contributed by atoms with van der Waals surface area (Å²) >= 11 is 0. The molecule has 0 radical (unpaired) electrons. The first-order chi connectivity index (χ1) is 68.1. The summed E-state index contributed by atoms with van der Waals surface area (Å²) < 4.78 is 0. The maximum Gasteiger partial charge on any atom is 2.00 e. The number of benzene rings is 12. The molecule has 3 aromatic heterocycles. The third-order valence-corrected chi connectivity index (χ3v) is 24.6. The topological polar surface area (TPSA) is 209 Å². The van der Waals surface area contributed by atoms with E-state index in [1.165, 1.54) is 18.2 Å². The maximum absolute atomic E-state index is 12.6. The van der Waals surface area contributed by atoms with Crippen molar-refractivity contribution in [2.45, 2.75) is 191 Å². The number of anilines is 12. The van der Waals surface area contributed by atoms with Crippen molar-refractivity contribution in [3.8, 4) is 0 Å². The summed E-state index contributed by atoms with van der Waals surface area (Å²) in [5.41, 5.74) is 31.5. The number of aliphatic hydroxyl groups is 3. The second-order valence-electron chi connectivity index (χ2n) is 39.0. The van der Waals surface area contributed by atoms with Crippen molar-refractivity contribution in [1.82, 2.24) is 29.9 Å². The van der Waals surface area contributed by atoms with E-state index in [0.29, 0.717) is 28.5 Å². The van der Waals surface area contributed by atoms with Crippen molar-refractivity contribution < 1.29 is 92.9 Å². The molecule has 21 heteroatoms. The summed E-state index contributed by atoms with van der Waals surface area (Å²) in [5, 5.41) is 31.4. The Morgan fingerprint density at radius 1 is 0.315 bits per heavy atom. The molecule has 18 rings (SSSR count). The maximum atomic E-state index is 12.6. The molecule has 0 aliphatic carbocycles. The van der Waals surface area contributed by atoms with Gasteiger partial charge in [0.1, 0.15) is 52.2 Å². The third kappa shape index (κ3) is 28.0. The van der Waals surface area contributed by atoms with Gasteiger partial charge in [-0.05, 0) is 246 Å². The van der Waals surface area contributed by atoms with Gasteiger partial charge in [0.05, 0.1) is 35.7 Å². The SMILES string of the molecule is CC(C)(C)c1cnc2c(n1)N(c1[c-]cccc1)[CH-]N2c1ccccc1.CC(C)Cc1cnc2c(n1)N(c1[c-]cccc1)[CH-]N2c1ccccc1.CC(C)c1cnc2c(n1)N(c1[c-]cccc1)[CH-]N2c1ccccc1.Cc1cc(C)c(C(=O)C=C(O)c2c(C)cc(C)cc2C)c(C)c1.Cc1cc(C)c(C(=O)C=C(O)c2c(C)cc(C)cc2C)c(C)c1.Cc1cc(C)c(C(=O)C=C(O)c2c(C)cc(C)cc2C)c(C)c1.[Pt+2].[Pt+2].[Pt+2]. The Morgan fingerprint density at radius 2 is 0.562 bits per heavy atom.